The average Bonchev–Trinajstić information content (AvgIpc) is 2.89. The second kappa shape index (κ2) is 5.66. The lowest BCUT2D eigenvalue weighted by molar-refractivity contribution is 0.174. The minimum Gasteiger partial charge on any atom is -0.388 e. The Bertz CT molecular complexity index is 880. The Morgan fingerprint density at radius 3 is 2.64 bits per heavy atom. The van der Waals surface area contributed by atoms with E-state index in [0.717, 1.165) is 10.5 Å². The van der Waals surface area contributed by atoms with Gasteiger partial charge in [-0.3, -0.25) is 9.20 Å². The van der Waals surface area contributed by atoms with Crippen LogP contribution in [-0.2, 0) is 0 Å². The summed E-state index contributed by atoms with van der Waals surface area (Å²) in [5, 5.41) is 12.2. The number of halogens is 1. The molecular weight excluding hydrogens is 301 g/mol. The largest absolute Gasteiger partial charge is 0.388 e. The van der Waals surface area contributed by atoms with E-state index in [1.54, 1.807) is 16.5 Å². The lowest BCUT2D eigenvalue weighted by atomic mass is 9.96. The molecular formula is C17H16FNO2S. The number of hydrogen-bond donors (Lipinski definition) is 1. The molecule has 3 nitrogen and oxygen atoms in total. The molecule has 0 radical (unpaired) electrons. The highest BCUT2D eigenvalue weighted by molar-refractivity contribution is 7.15. The molecule has 0 aliphatic heterocycles. The van der Waals surface area contributed by atoms with Crippen molar-refractivity contribution in [2.24, 2.45) is 0 Å². The van der Waals surface area contributed by atoms with Crippen LogP contribution in [0.1, 0.15) is 30.7 Å². The van der Waals surface area contributed by atoms with Gasteiger partial charge < -0.3 is 5.11 Å². The first-order valence-corrected chi connectivity index (χ1v) is 7.98. The fourth-order valence-corrected chi connectivity index (χ4v) is 3.54. The summed E-state index contributed by atoms with van der Waals surface area (Å²) in [4.78, 5) is 13.7. The Labute approximate surface area is 131 Å². The summed E-state index contributed by atoms with van der Waals surface area (Å²) in [5.41, 5.74) is 2.33. The second-order valence-corrected chi connectivity index (χ2v) is 6.15. The Kier molecular flexibility index (Phi) is 3.85. The van der Waals surface area contributed by atoms with E-state index in [9.17, 15) is 14.3 Å². The van der Waals surface area contributed by atoms with Crippen LogP contribution < -0.4 is 5.56 Å². The number of aryl methyl sites for hydroxylation is 1. The van der Waals surface area contributed by atoms with E-state index < -0.39 is 6.10 Å². The van der Waals surface area contributed by atoms with Gasteiger partial charge in [0.2, 0.25) is 0 Å². The van der Waals surface area contributed by atoms with Crippen LogP contribution in [0.5, 0.6) is 0 Å². The van der Waals surface area contributed by atoms with Gasteiger partial charge in [0.25, 0.3) is 5.56 Å². The van der Waals surface area contributed by atoms with Crippen molar-refractivity contribution in [3.63, 3.8) is 0 Å². The summed E-state index contributed by atoms with van der Waals surface area (Å²) in [6.07, 6.45) is -0.214. The number of aliphatic hydroxyl groups excluding tert-OH is 1. The molecule has 1 atom stereocenters. The number of aromatic nitrogens is 1. The molecule has 0 aliphatic carbocycles. The van der Waals surface area contributed by atoms with E-state index in [0.29, 0.717) is 23.1 Å². The fourth-order valence-electron chi connectivity index (χ4n) is 2.61. The topological polar surface area (TPSA) is 41.7 Å². The minimum atomic E-state index is -0.722. The summed E-state index contributed by atoms with van der Waals surface area (Å²) in [7, 11) is 0. The first-order chi connectivity index (χ1) is 10.5. The van der Waals surface area contributed by atoms with Crippen molar-refractivity contribution in [1.29, 1.82) is 0 Å². The number of nitrogens with zero attached hydrogens (tertiary/aromatic N) is 1. The summed E-state index contributed by atoms with van der Waals surface area (Å²) in [6, 6.07) is 7.66. The maximum absolute atomic E-state index is 13.2. The number of fused-ring (bicyclic) bond motifs is 1. The molecule has 0 amide bonds. The van der Waals surface area contributed by atoms with Gasteiger partial charge in [-0.15, -0.1) is 11.3 Å². The molecule has 0 saturated heterocycles. The van der Waals surface area contributed by atoms with Crippen LogP contribution in [0.15, 0.2) is 40.5 Å². The minimum absolute atomic E-state index is 0.176. The van der Waals surface area contributed by atoms with Gasteiger partial charge in [0.05, 0.1) is 11.7 Å². The quantitative estimate of drug-likeness (QED) is 0.795. The zero-order valence-electron chi connectivity index (χ0n) is 12.3. The standard InChI is InChI=1S/C17H16FNO2S/c1-3-14(20)13-8-15-19(10(2)9-22-15)17(21)16(13)11-4-6-12(18)7-5-11/h4-9,14,20H,3H2,1-2H3. The van der Waals surface area contributed by atoms with Gasteiger partial charge >= 0.3 is 0 Å². The smallest absolute Gasteiger partial charge is 0.264 e. The molecule has 1 N–H and O–H groups in total. The first kappa shape index (κ1) is 14.9. The van der Waals surface area contributed by atoms with Crippen molar-refractivity contribution in [3.8, 4) is 11.1 Å². The van der Waals surface area contributed by atoms with Gasteiger partial charge in [-0.05, 0) is 42.7 Å². The van der Waals surface area contributed by atoms with Crippen molar-refractivity contribution in [2.75, 3.05) is 0 Å². The first-order valence-electron chi connectivity index (χ1n) is 7.10. The predicted molar refractivity (Wildman–Crippen MR) is 86.9 cm³/mol. The van der Waals surface area contributed by atoms with Crippen LogP contribution in [-0.4, -0.2) is 9.51 Å². The molecule has 3 aromatic rings. The summed E-state index contributed by atoms with van der Waals surface area (Å²) >= 11 is 1.47. The molecule has 22 heavy (non-hydrogen) atoms. The zero-order chi connectivity index (χ0) is 15.9. The second-order valence-electron chi connectivity index (χ2n) is 5.26. The summed E-state index contributed by atoms with van der Waals surface area (Å²) in [6.45, 7) is 3.73. The predicted octanol–water partition coefficient (Wildman–Crippen LogP) is 3.92. The number of thiazole rings is 1. The van der Waals surface area contributed by atoms with Crippen LogP contribution in [0.3, 0.4) is 0 Å². The van der Waals surface area contributed by atoms with Crippen LogP contribution in [0.25, 0.3) is 16.0 Å². The molecule has 1 aromatic carbocycles. The molecule has 0 fully saturated rings. The fraction of sp³-hybridized carbons (Fsp3) is 0.235. The molecule has 2 heterocycles. The lowest BCUT2D eigenvalue weighted by Gasteiger charge is -2.15. The Morgan fingerprint density at radius 1 is 1.32 bits per heavy atom. The van der Waals surface area contributed by atoms with Crippen molar-refractivity contribution in [3.05, 3.63) is 63.1 Å². The van der Waals surface area contributed by atoms with Crippen LogP contribution in [0.2, 0.25) is 0 Å². The molecule has 1 unspecified atom stereocenters. The third-order valence-corrected chi connectivity index (χ3v) is 4.79. The van der Waals surface area contributed by atoms with E-state index >= 15 is 0 Å². The van der Waals surface area contributed by atoms with Gasteiger partial charge in [0.15, 0.2) is 0 Å². The number of benzene rings is 1. The summed E-state index contributed by atoms with van der Waals surface area (Å²) < 4.78 is 14.8. The van der Waals surface area contributed by atoms with Crippen molar-refractivity contribution >= 4 is 16.2 Å². The van der Waals surface area contributed by atoms with E-state index in [-0.39, 0.29) is 11.4 Å². The lowest BCUT2D eigenvalue weighted by Crippen LogP contribution is -2.19. The Morgan fingerprint density at radius 2 is 2.00 bits per heavy atom. The maximum Gasteiger partial charge on any atom is 0.264 e. The molecule has 0 saturated carbocycles. The molecule has 0 spiro atoms. The van der Waals surface area contributed by atoms with E-state index in [2.05, 4.69) is 0 Å². The van der Waals surface area contributed by atoms with Crippen molar-refractivity contribution in [2.45, 2.75) is 26.4 Å². The third kappa shape index (κ3) is 2.36. The Balaban J connectivity index is 2.38. The average molecular weight is 317 g/mol. The molecule has 5 heteroatoms. The molecule has 2 aromatic heterocycles. The highest BCUT2D eigenvalue weighted by atomic mass is 32.1. The maximum atomic E-state index is 13.2. The molecule has 0 bridgehead atoms. The monoisotopic (exact) mass is 317 g/mol. The van der Waals surface area contributed by atoms with Crippen molar-refractivity contribution < 1.29 is 9.50 Å². The normalized spacial score (nSPS) is 12.7. The highest BCUT2D eigenvalue weighted by Crippen LogP contribution is 2.30. The van der Waals surface area contributed by atoms with Gasteiger partial charge in [0.1, 0.15) is 10.6 Å². The SMILES string of the molecule is CCC(O)c1cc2scc(C)n2c(=O)c1-c1ccc(F)cc1. The van der Waals surface area contributed by atoms with Gasteiger partial charge in [-0.25, -0.2) is 4.39 Å². The van der Waals surface area contributed by atoms with Gasteiger partial charge in [-0.2, -0.15) is 0 Å². The molecule has 0 aliphatic rings. The van der Waals surface area contributed by atoms with Crippen molar-refractivity contribution in [1.82, 2.24) is 4.40 Å². The highest BCUT2D eigenvalue weighted by Gasteiger charge is 2.19. The van der Waals surface area contributed by atoms with E-state index in [4.69, 9.17) is 0 Å². The van der Waals surface area contributed by atoms with E-state index in [1.807, 2.05) is 25.3 Å². The van der Waals surface area contributed by atoms with Crippen LogP contribution in [0, 0.1) is 12.7 Å². The third-order valence-electron chi connectivity index (χ3n) is 3.79. The number of aliphatic hydroxyl groups is 1. The number of rotatable bonds is 3. The van der Waals surface area contributed by atoms with Crippen LogP contribution in [0.4, 0.5) is 4.39 Å². The Hall–Kier alpha value is -1.98. The van der Waals surface area contributed by atoms with Gasteiger partial charge in [0, 0.05) is 11.1 Å². The summed E-state index contributed by atoms with van der Waals surface area (Å²) in [5.74, 6) is -0.353. The van der Waals surface area contributed by atoms with E-state index in [1.165, 1.54) is 23.5 Å². The van der Waals surface area contributed by atoms with Gasteiger partial charge in [-0.1, -0.05) is 19.1 Å². The number of pyridine rings is 1. The number of hydrogen-bond acceptors (Lipinski definition) is 3. The molecule has 3 rings (SSSR count). The molecule has 114 valence electrons. The van der Waals surface area contributed by atoms with Crippen LogP contribution >= 0.6 is 11.3 Å². The zero-order valence-corrected chi connectivity index (χ0v) is 13.2.